The molecule has 0 bridgehead atoms. The van der Waals surface area contributed by atoms with Gasteiger partial charge >= 0.3 is 0 Å². The van der Waals surface area contributed by atoms with Gasteiger partial charge in [-0.15, -0.1) is 0 Å². The van der Waals surface area contributed by atoms with Crippen LogP contribution >= 0.6 is 12.2 Å². The fourth-order valence-electron chi connectivity index (χ4n) is 1.88. The smallest absolute Gasteiger partial charge is 0.223 e. The van der Waals surface area contributed by atoms with Crippen molar-refractivity contribution in [1.29, 1.82) is 0 Å². The average Bonchev–Trinajstić information content (AvgIpc) is 2.87. The highest BCUT2D eigenvalue weighted by Crippen LogP contribution is 2.17. The largest absolute Gasteiger partial charge is 0.360 e. The van der Waals surface area contributed by atoms with Crippen molar-refractivity contribution in [2.75, 3.05) is 0 Å². The third-order valence-corrected chi connectivity index (χ3v) is 2.93. The van der Waals surface area contributed by atoms with Gasteiger partial charge in [-0.3, -0.25) is 0 Å². The lowest BCUT2D eigenvalue weighted by Crippen LogP contribution is -2.40. The van der Waals surface area contributed by atoms with Gasteiger partial charge in [0.2, 0.25) is 5.89 Å². The minimum atomic E-state index is 0.510. The number of hydrogen-bond acceptors (Lipinski definition) is 4. The monoisotopic (exact) mass is 240 g/mol. The van der Waals surface area contributed by atoms with Gasteiger partial charge in [-0.25, -0.2) is 0 Å². The molecule has 0 radical (unpaired) electrons. The van der Waals surface area contributed by atoms with Crippen LogP contribution in [0.5, 0.6) is 0 Å². The Hall–Kier alpha value is -1.17. The second-order valence-corrected chi connectivity index (χ2v) is 4.45. The van der Waals surface area contributed by atoms with Crippen molar-refractivity contribution in [3.05, 3.63) is 11.7 Å². The summed E-state index contributed by atoms with van der Waals surface area (Å²) in [6.07, 6.45) is 5.01. The fourth-order valence-corrected chi connectivity index (χ4v) is 2.12. The highest BCUT2D eigenvalue weighted by atomic mass is 32.1. The summed E-state index contributed by atoms with van der Waals surface area (Å²) in [7, 11) is 0. The first-order valence-corrected chi connectivity index (χ1v) is 5.98. The molecule has 1 fully saturated rings. The van der Waals surface area contributed by atoms with E-state index < -0.39 is 0 Å². The molecule has 1 aromatic heterocycles. The van der Waals surface area contributed by atoms with Crippen molar-refractivity contribution in [2.45, 2.75) is 45.2 Å². The Morgan fingerprint density at radius 1 is 1.50 bits per heavy atom. The molecule has 0 aliphatic heterocycles. The third-order valence-electron chi connectivity index (χ3n) is 2.67. The number of rotatable bonds is 3. The molecule has 1 aromatic rings. The van der Waals surface area contributed by atoms with Crippen LogP contribution in [0, 0.1) is 6.92 Å². The molecule has 16 heavy (non-hydrogen) atoms. The second-order valence-electron chi connectivity index (χ2n) is 4.04. The van der Waals surface area contributed by atoms with Crippen LogP contribution in [-0.2, 0) is 6.54 Å². The van der Waals surface area contributed by atoms with Crippen molar-refractivity contribution in [1.82, 2.24) is 20.8 Å². The van der Waals surface area contributed by atoms with Gasteiger partial charge in [-0.05, 0) is 25.1 Å². The van der Waals surface area contributed by atoms with Gasteiger partial charge in [0.15, 0.2) is 10.9 Å². The minimum absolute atomic E-state index is 0.510. The Balaban J connectivity index is 1.71. The van der Waals surface area contributed by atoms with Crippen LogP contribution in [0.1, 0.15) is 37.4 Å². The van der Waals surface area contributed by atoms with Crippen molar-refractivity contribution < 1.29 is 4.52 Å². The number of aromatic nitrogens is 2. The van der Waals surface area contributed by atoms with Gasteiger partial charge in [0.1, 0.15) is 0 Å². The molecule has 2 rings (SSSR count). The molecule has 1 aliphatic carbocycles. The lowest BCUT2D eigenvalue weighted by molar-refractivity contribution is 0.387. The highest BCUT2D eigenvalue weighted by molar-refractivity contribution is 7.80. The maximum absolute atomic E-state index is 5.19. The summed E-state index contributed by atoms with van der Waals surface area (Å²) in [6, 6.07) is 0.534. The molecular formula is C10H16N4OS. The van der Waals surface area contributed by atoms with Gasteiger partial charge < -0.3 is 15.2 Å². The number of nitrogens with one attached hydrogen (secondary N) is 2. The van der Waals surface area contributed by atoms with Crippen molar-refractivity contribution in [2.24, 2.45) is 0 Å². The van der Waals surface area contributed by atoms with Crippen molar-refractivity contribution in [3.63, 3.8) is 0 Å². The first kappa shape index (κ1) is 11.3. The summed E-state index contributed by atoms with van der Waals surface area (Å²) in [6.45, 7) is 2.28. The first-order chi connectivity index (χ1) is 7.74. The molecule has 6 heteroatoms. The van der Waals surface area contributed by atoms with Crippen molar-refractivity contribution in [3.8, 4) is 0 Å². The standard InChI is InChI=1S/C10H16N4OS/c1-7-12-9(14-15-7)6-11-10(16)13-8-4-2-3-5-8/h8H,2-6H2,1H3,(H2,11,13,16). The van der Waals surface area contributed by atoms with Gasteiger partial charge in [-0.2, -0.15) is 4.98 Å². The second kappa shape index (κ2) is 5.25. The maximum atomic E-state index is 5.19. The fraction of sp³-hybridized carbons (Fsp3) is 0.700. The van der Waals surface area contributed by atoms with Gasteiger partial charge in [0, 0.05) is 13.0 Å². The average molecular weight is 240 g/mol. The summed E-state index contributed by atoms with van der Waals surface area (Å²) < 4.78 is 4.87. The predicted octanol–water partition coefficient (Wildman–Crippen LogP) is 1.28. The van der Waals surface area contributed by atoms with Crippen molar-refractivity contribution >= 4 is 17.3 Å². The van der Waals surface area contributed by atoms with E-state index in [1.807, 2.05) is 0 Å². The summed E-state index contributed by atoms with van der Waals surface area (Å²) >= 11 is 5.19. The number of hydrogen-bond donors (Lipinski definition) is 2. The Morgan fingerprint density at radius 3 is 2.88 bits per heavy atom. The molecule has 1 aliphatic rings. The molecule has 0 unspecified atom stereocenters. The van der Waals surface area contributed by atoms with Crippen LogP contribution in [0.4, 0.5) is 0 Å². The Bertz CT molecular complexity index is 359. The van der Waals surface area contributed by atoms with E-state index in [-0.39, 0.29) is 0 Å². The summed E-state index contributed by atoms with van der Waals surface area (Å²) in [4.78, 5) is 4.09. The minimum Gasteiger partial charge on any atom is -0.360 e. The van der Waals surface area contributed by atoms with Crippen LogP contribution in [0.2, 0.25) is 0 Å². The molecule has 0 amide bonds. The van der Waals surface area contributed by atoms with Crippen LogP contribution in [0.15, 0.2) is 4.52 Å². The lowest BCUT2D eigenvalue weighted by atomic mass is 10.3. The Kier molecular flexibility index (Phi) is 3.71. The first-order valence-electron chi connectivity index (χ1n) is 5.57. The van der Waals surface area contributed by atoms with E-state index in [0.717, 1.165) is 0 Å². The van der Waals surface area contributed by atoms with E-state index in [0.29, 0.717) is 29.4 Å². The van der Waals surface area contributed by atoms with Gasteiger partial charge in [0.05, 0.1) is 6.54 Å². The van der Waals surface area contributed by atoms with Crippen LogP contribution in [0.25, 0.3) is 0 Å². The Labute approximate surface area is 100.0 Å². The Morgan fingerprint density at radius 2 is 2.25 bits per heavy atom. The zero-order valence-electron chi connectivity index (χ0n) is 9.32. The maximum Gasteiger partial charge on any atom is 0.223 e. The molecule has 0 spiro atoms. The van der Waals surface area contributed by atoms with Crippen LogP contribution in [-0.4, -0.2) is 21.3 Å². The predicted molar refractivity (Wildman–Crippen MR) is 63.9 cm³/mol. The summed E-state index contributed by atoms with van der Waals surface area (Å²) in [5.41, 5.74) is 0. The summed E-state index contributed by atoms with van der Waals surface area (Å²) in [5.74, 6) is 1.21. The van der Waals surface area contributed by atoms with E-state index in [2.05, 4.69) is 20.8 Å². The van der Waals surface area contributed by atoms with Gasteiger partial charge in [0.25, 0.3) is 0 Å². The molecule has 5 nitrogen and oxygen atoms in total. The molecule has 0 aromatic carbocycles. The molecule has 1 heterocycles. The van der Waals surface area contributed by atoms with E-state index in [4.69, 9.17) is 16.7 Å². The molecule has 88 valence electrons. The van der Waals surface area contributed by atoms with Gasteiger partial charge in [-0.1, -0.05) is 18.0 Å². The van der Waals surface area contributed by atoms with E-state index in [1.54, 1.807) is 6.92 Å². The quantitative estimate of drug-likeness (QED) is 0.776. The normalized spacial score (nSPS) is 16.3. The van der Waals surface area contributed by atoms with Crippen LogP contribution in [0.3, 0.4) is 0 Å². The van der Waals surface area contributed by atoms with E-state index >= 15 is 0 Å². The molecule has 0 saturated heterocycles. The van der Waals surface area contributed by atoms with E-state index in [1.165, 1.54) is 25.7 Å². The zero-order valence-corrected chi connectivity index (χ0v) is 10.1. The molecule has 1 saturated carbocycles. The highest BCUT2D eigenvalue weighted by Gasteiger charge is 2.15. The molecule has 2 N–H and O–H groups in total. The third kappa shape index (κ3) is 3.16. The number of nitrogens with zero attached hydrogens (tertiary/aromatic N) is 2. The topological polar surface area (TPSA) is 63.0 Å². The molecular weight excluding hydrogens is 224 g/mol. The van der Waals surface area contributed by atoms with Crippen LogP contribution < -0.4 is 10.6 Å². The lowest BCUT2D eigenvalue weighted by Gasteiger charge is -2.14. The SMILES string of the molecule is Cc1nc(CNC(=S)NC2CCCC2)no1. The zero-order chi connectivity index (χ0) is 11.4. The number of thiocarbonyl (C=S) groups is 1. The van der Waals surface area contributed by atoms with E-state index in [9.17, 15) is 0 Å². The molecule has 0 atom stereocenters. The number of aryl methyl sites for hydroxylation is 1. The summed E-state index contributed by atoms with van der Waals surface area (Å²) in [5, 5.41) is 10.8.